The van der Waals surface area contributed by atoms with Gasteiger partial charge in [0.25, 0.3) is 0 Å². The van der Waals surface area contributed by atoms with Gasteiger partial charge in [-0.15, -0.1) is 11.8 Å². The van der Waals surface area contributed by atoms with Crippen molar-refractivity contribution < 1.29 is 4.74 Å². The normalized spacial score (nSPS) is 15.0. The molecular formula is C26H35N5OS. The van der Waals surface area contributed by atoms with Crippen LogP contribution >= 0.6 is 11.8 Å². The average Bonchev–Trinajstić information content (AvgIpc) is 2.80. The van der Waals surface area contributed by atoms with E-state index in [0.717, 1.165) is 41.3 Å². The van der Waals surface area contributed by atoms with Crippen molar-refractivity contribution in [3.8, 4) is 0 Å². The van der Waals surface area contributed by atoms with Gasteiger partial charge in [-0.3, -0.25) is 10.7 Å². The predicted molar refractivity (Wildman–Crippen MR) is 139 cm³/mol. The van der Waals surface area contributed by atoms with Gasteiger partial charge in [-0.1, -0.05) is 38.1 Å². The molecule has 7 heteroatoms. The van der Waals surface area contributed by atoms with Crippen LogP contribution < -0.4 is 10.6 Å². The summed E-state index contributed by atoms with van der Waals surface area (Å²) in [6.45, 7) is 7.96. The van der Waals surface area contributed by atoms with E-state index in [4.69, 9.17) is 15.1 Å². The average molecular weight is 466 g/mol. The van der Waals surface area contributed by atoms with Crippen LogP contribution in [-0.2, 0) is 11.3 Å². The molecule has 0 saturated carbocycles. The molecule has 3 N–H and O–H groups in total. The molecule has 3 rings (SSSR count). The lowest BCUT2D eigenvalue weighted by atomic mass is 10.1. The monoisotopic (exact) mass is 465 g/mol. The number of rotatable bonds is 9. The van der Waals surface area contributed by atoms with Crippen LogP contribution in [0.15, 0.2) is 69.8 Å². The fraction of sp³-hybridized carbons (Fsp3) is 0.385. The van der Waals surface area contributed by atoms with E-state index >= 15 is 0 Å². The van der Waals surface area contributed by atoms with Crippen molar-refractivity contribution in [1.82, 2.24) is 15.5 Å². The minimum absolute atomic E-state index is 0.116. The molecule has 0 aliphatic carbocycles. The predicted octanol–water partition coefficient (Wildman–Crippen LogP) is 4.46. The molecule has 0 fully saturated rings. The van der Waals surface area contributed by atoms with E-state index in [1.807, 2.05) is 57.0 Å². The minimum atomic E-state index is -0.525. The van der Waals surface area contributed by atoms with Gasteiger partial charge in [0.15, 0.2) is 6.23 Å². The Balaban J connectivity index is 1.81. The highest BCUT2D eigenvalue weighted by atomic mass is 32.2. The van der Waals surface area contributed by atoms with Crippen LogP contribution in [-0.4, -0.2) is 55.7 Å². The Bertz CT molecular complexity index is 1010. The fourth-order valence-electron chi connectivity index (χ4n) is 3.62. The van der Waals surface area contributed by atoms with E-state index in [0.29, 0.717) is 5.25 Å². The molecule has 0 amide bonds. The highest BCUT2D eigenvalue weighted by Crippen LogP contribution is 2.26. The SMILES string of the molecule is CNCc1ccc(C(=N)OC(NC)C2=C(C)N(C)CC(c3ccc(SC(C)C)cc3)=N2)cc1. The second kappa shape index (κ2) is 11.5. The van der Waals surface area contributed by atoms with Gasteiger partial charge >= 0.3 is 0 Å². The van der Waals surface area contributed by atoms with Crippen LogP contribution in [0.1, 0.15) is 37.5 Å². The van der Waals surface area contributed by atoms with Crippen molar-refractivity contribution in [2.75, 3.05) is 27.7 Å². The number of thioether (sulfide) groups is 1. The number of nitrogens with one attached hydrogen (secondary N) is 3. The Labute approximate surface area is 202 Å². The number of benzene rings is 2. The van der Waals surface area contributed by atoms with Gasteiger partial charge < -0.3 is 15.0 Å². The molecule has 1 aliphatic heterocycles. The second-order valence-electron chi connectivity index (χ2n) is 8.42. The third-order valence-corrected chi connectivity index (χ3v) is 6.50. The van der Waals surface area contributed by atoms with Crippen LogP contribution in [0.25, 0.3) is 0 Å². The molecule has 1 aliphatic rings. The number of hydrogen-bond donors (Lipinski definition) is 3. The second-order valence-corrected chi connectivity index (χ2v) is 10.1. The molecule has 176 valence electrons. The van der Waals surface area contributed by atoms with Gasteiger partial charge in [-0.2, -0.15) is 0 Å². The molecule has 0 radical (unpaired) electrons. The van der Waals surface area contributed by atoms with E-state index < -0.39 is 6.23 Å². The Morgan fingerprint density at radius 2 is 1.79 bits per heavy atom. The third kappa shape index (κ3) is 6.47. The molecule has 2 aromatic carbocycles. The molecule has 1 heterocycles. The van der Waals surface area contributed by atoms with E-state index in [1.54, 1.807) is 0 Å². The molecule has 6 nitrogen and oxygen atoms in total. The smallest absolute Gasteiger partial charge is 0.215 e. The van der Waals surface area contributed by atoms with Gasteiger partial charge in [0, 0.05) is 35.0 Å². The molecule has 0 saturated heterocycles. The summed E-state index contributed by atoms with van der Waals surface area (Å²) in [5, 5.41) is 15.4. The Morgan fingerprint density at radius 3 is 2.36 bits per heavy atom. The summed E-state index contributed by atoms with van der Waals surface area (Å²) in [7, 11) is 5.81. The molecule has 0 aromatic heterocycles. The summed E-state index contributed by atoms with van der Waals surface area (Å²) in [4.78, 5) is 8.42. The lowest BCUT2D eigenvalue weighted by molar-refractivity contribution is 0.188. The van der Waals surface area contributed by atoms with Crippen molar-refractivity contribution >= 4 is 23.4 Å². The van der Waals surface area contributed by atoms with E-state index in [-0.39, 0.29) is 5.90 Å². The van der Waals surface area contributed by atoms with Gasteiger partial charge in [-0.05, 0) is 56.4 Å². The van der Waals surface area contributed by atoms with E-state index in [2.05, 4.69) is 60.7 Å². The first-order valence-electron chi connectivity index (χ1n) is 11.2. The molecule has 0 bridgehead atoms. The first kappa shape index (κ1) is 25.0. The van der Waals surface area contributed by atoms with Crippen molar-refractivity contribution in [3.05, 3.63) is 76.6 Å². The number of nitrogens with zero attached hydrogens (tertiary/aromatic N) is 2. The quantitative estimate of drug-likeness (QED) is 0.221. The van der Waals surface area contributed by atoms with Gasteiger partial charge in [0.2, 0.25) is 5.90 Å². The standard InChI is InChI=1S/C26H35N5OS/c1-17(2)33-22-13-11-20(12-14-22)23-16-31(6)18(3)24(30-23)26(29-5)32-25(27)21-9-7-19(8-10-21)15-28-4/h7-14,17,26-29H,15-16H2,1-6H3. The first-order chi connectivity index (χ1) is 15.8. The van der Waals surface area contributed by atoms with E-state index in [9.17, 15) is 0 Å². The molecule has 1 atom stereocenters. The van der Waals surface area contributed by atoms with Crippen LogP contribution in [0.4, 0.5) is 0 Å². The summed E-state index contributed by atoms with van der Waals surface area (Å²) in [6, 6.07) is 16.4. The third-order valence-electron chi connectivity index (χ3n) is 5.49. The van der Waals surface area contributed by atoms with E-state index in [1.165, 1.54) is 10.5 Å². The lowest BCUT2D eigenvalue weighted by Gasteiger charge is -2.31. The van der Waals surface area contributed by atoms with Crippen molar-refractivity contribution in [2.24, 2.45) is 4.99 Å². The van der Waals surface area contributed by atoms with Crippen molar-refractivity contribution in [3.63, 3.8) is 0 Å². The number of aliphatic imine (C=N–C) groups is 1. The first-order valence-corrected chi connectivity index (χ1v) is 12.1. The topological polar surface area (TPSA) is 72.7 Å². The summed E-state index contributed by atoms with van der Waals surface area (Å²) < 4.78 is 6.05. The maximum Gasteiger partial charge on any atom is 0.215 e. The highest BCUT2D eigenvalue weighted by molar-refractivity contribution is 7.99. The molecule has 2 aromatic rings. The minimum Gasteiger partial charge on any atom is -0.452 e. The van der Waals surface area contributed by atoms with Crippen molar-refractivity contribution in [1.29, 1.82) is 5.41 Å². The molecule has 0 spiro atoms. The zero-order valence-corrected chi connectivity index (χ0v) is 21.2. The van der Waals surface area contributed by atoms with Crippen LogP contribution in [0.3, 0.4) is 0 Å². The number of likely N-dealkylation sites (N-methyl/N-ethyl adjacent to an activating group) is 2. The summed E-state index contributed by atoms with van der Waals surface area (Å²) in [5.74, 6) is 0.116. The number of ether oxygens (including phenoxy) is 1. The highest BCUT2D eigenvalue weighted by Gasteiger charge is 2.25. The zero-order chi connectivity index (χ0) is 24.0. The summed E-state index contributed by atoms with van der Waals surface area (Å²) in [5.41, 5.74) is 5.82. The lowest BCUT2D eigenvalue weighted by Crippen LogP contribution is -2.38. The van der Waals surface area contributed by atoms with Crippen LogP contribution in [0, 0.1) is 5.41 Å². The Morgan fingerprint density at radius 1 is 1.12 bits per heavy atom. The Kier molecular flexibility index (Phi) is 8.72. The van der Waals surface area contributed by atoms with Gasteiger partial charge in [0.1, 0.15) is 5.70 Å². The number of allylic oxidation sites excluding steroid dienone is 1. The fourth-order valence-corrected chi connectivity index (χ4v) is 4.46. The molecule has 1 unspecified atom stereocenters. The summed E-state index contributed by atoms with van der Waals surface area (Å²) >= 11 is 1.86. The van der Waals surface area contributed by atoms with Gasteiger partial charge in [0.05, 0.1) is 12.3 Å². The molecule has 33 heavy (non-hydrogen) atoms. The maximum absolute atomic E-state index is 8.50. The van der Waals surface area contributed by atoms with Gasteiger partial charge in [-0.25, -0.2) is 4.99 Å². The van der Waals surface area contributed by atoms with Crippen LogP contribution in [0.2, 0.25) is 0 Å². The molecular weight excluding hydrogens is 430 g/mol. The summed E-state index contributed by atoms with van der Waals surface area (Å²) in [6.07, 6.45) is -0.525. The van der Waals surface area contributed by atoms with Crippen molar-refractivity contribution in [2.45, 2.75) is 43.7 Å². The maximum atomic E-state index is 8.50. The Hall–Kier alpha value is -2.61. The largest absolute Gasteiger partial charge is 0.452 e. The van der Waals surface area contributed by atoms with Crippen LogP contribution in [0.5, 0.6) is 0 Å². The number of hydrogen-bond acceptors (Lipinski definition) is 7. The zero-order valence-electron chi connectivity index (χ0n) is 20.4.